The summed E-state index contributed by atoms with van der Waals surface area (Å²) in [6.07, 6.45) is 6.63. The molecule has 3 nitrogen and oxygen atoms in total. The summed E-state index contributed by atoms with van der Waals surface area (Å²) in [6.45, 7) is 8.79. The second kappa shape index (κ2) is 10.4. The Bertz CT molecular complexity index is 217. The van der Waals surface area contributed by atoms with Crippen LogP contribution in [0.1, 0.15) is 66.2 Å². The Morgan fingerprint density at radius 3 is 2.28 bits per heavy atom. The third kappa shape index (κ3) is 8.51. The van der Waals surface area contributed by atoms with E-state index in [1.807, 2.05) is 0 Å². The lowest BCUT2D eigenvalue weighted by Crippen LogP contribution is -2.42. The second-order valence-electron chi connectivity index (χ2n) is 5.61. The van der Waals surface area contributed by atoms with E-state index in [1.54, 1.807) is 0 Å². The van der Waals surface area contributed by atoms with Crippen molar-refractivity contribution in [3.05, 3.63) is 0 Å². The number of unbranched alkanes of at least 4 members (excludes halogenated alkanes) is 1. The van der Waals surface area contributed by atoms with Crippen LogP contribution in [0.5, 0.6) is 0 Å². The summed E-state index contributed by atoms with van der Waals surface area (Å²) >= 11 is 0. The van der Waals surface area contributed by atoms with Crippen LogP contribution < -0.4 is 5.32 Å². The van der Waals surface area contributed by atoms with Crippen molar-refractivity contribution in [2.24, 2.45) is 5.92 Å². The van der Waals surface area contributed by atoms with Crippen LogP contribution >= 0.6 is 0 Å². The van der Waals surface area contributed by atoms with Gasteiger partial charge >= 0.3 is 5.97 Å². The minimum absolute atomic E-state index is 0.126. The van der Waals surface area contributed by atoms with Crippen molar-refractivity contribution in [3.63, 3.8) is 0 Å². The molecule has 0 aromatic carbocycles. The lowest BCUT2D eigenvalue weighted by Gasteiger charge is -2.21. The lowest BCUT2D eigenvalue weighted by molar-refractivity contribution is -0.143. The fourth-order valence-corrected chi connectivity index (χ4v) is 2.08. The van der Waals surface area contributed by atoms with E-state index in [0.29, 0.717) is 6.04 Å². The summed E-state index contributed by atoms with van der Waals surface area (Å²) in [5, 5.41) is 3.40. The summed E-state index contributed by atoms with van der Waals surface area (Å²) in [5.74, 6) is 0.632. The largest absolute Gasteiger partial charge is 0.468 e. The zero-order valence-corrected chi connectivity index (χ0v) is 12.8. The molecule has 0 rings (SSSR count). The van der Waals surface area contributed by atoms with E-state index in [2.05, 4.69) is 33.0 Å². The summed E-state index contributed by atoms with van der Waals surface area (Å²) in [4.78, 5) is 11.7. The van der Waals surface area contributed by atoms with E-state index in [0.717, 1.165) is 31.6 Å². The van der Waals surface area contributed by atoms with Crippen LogP contribution in [0.25, 0.3) is 0 Å². The lowest BCUT2D eigenvalue weighted by atomic mass is 10.0. The van der Waals surface area contributed by atoms with Gasteiger partial charge in [-0.25, -0.2) is 0 Å². The van der Waals surface area contributed by atoms with Crippen molar-refractivity contribution in [3.8, 4) is 0 Å². The van der Waals surface area contributed by atoms with Crippen LogP contribution in [0.4, 0.5) is 0 Å². The highest BCUT2D eigenvalue weighted by atomic mass is 16.5. The Balaban J connectivity index is 4.01. The third-order valence-corrected chi connectivity index (χ3v) is 3.24. The van der Waals surface area contributed by atoms with Crippen molar-refractivity contribution in [2.45, 2.75) is 78.3 Å². The number of rotatable bonds is 10. The van der Waals surface area contributed by atoms with Gasteiger partial charge in [-0.2, -0.15) is 0 Å². The molecule has 2 atom stereocenters. The van der Waals surface area contributed by atoms with Gasteiger partial charge in [0.2, 0.25) is 0 Å². The van der Waals surface area contributed by atoms with E-state index in [4.69, 9.17) is 4.74 Å². The van der Waals surface area contributed by atoms with Crippen LogP contribution in [0.15, 0.2) is 0 Å². The number of hydrogen-bond acceptors (Lipinski definition) is 3. The highest BCUT2D eigenvalue weighted by Crippen LogP contribution is 2.10. The zero-order chi connectivity index (χ0) is 14.0. The van der Waals surface area contributed by atoms with Crippen molar-refractivity contribution in [2.75, 3.05) is 7.11 Å². The van der Waals surface area contributed by atoms with E-state index in [-0.39, 0.29) is 12.0 Å². The molecule has 0 aromatic heterocycles. The van der Waals surface area contributed by atoms with Gasteiger partial charge in [0.15, 0.2) is 0 Å². The van der Waals surface area contributed by atoms with E-state index in [1.165, 1.54) is 20.0 Å². The molecule has 0 aliphatic carbocycles. The van der Waals surface area contributed by atoms with Crippen LogP contribution in [0.3, 0.4) is 0 Å². The monoisotopic (exact) mass is 257 g/mol. The van der Waals surface area contributed by atoms with Crippen molar-refractivity contribution < 1.29 is 9.53 Å². The highest BCUT2D eigenvalue weighted by molar-refractivity contribution is 5.75. The number of carbonyl (C=O) groups is 1. The van der Waals surface area contributed by atoms with Crippen LogP contribution in [0.2, 0.25) is 0 Å². The van der Waals surface area contributed by atoms with Gasteiger partial charge in [-0.15, -0.1) is 0 Å². The first kappa shape index (κ1) is 17.4. The Labute approximate surface area is 113 Å². The minimum Gasteiger partial charge on any atom is -0.468 e. The van der Waals surface area contributed by atoms with Crippen LogP contribution in [-0.4, -0.2) is 25.2 Å². The molecule has 0 amide bonds. The molecule has 18 heavy (non-hydrogen) atoms. The predicted octanol–water partition coefficient (Wildman–Crippen LogP) is 3.52. The van der Waals surface area contributed by atoms with E-state index >= 15 is 0 Å². The molecule has 0 heterocycles. The summed E-state index contributed by atoms with van der Waals surface area (Å²) < 4.78 is 4.85. The molecule has 3 heteroatoms. The smallest absolute Gasteiger partial charge is 0.322 e. The highest BCUT2D eigenvalue weighted by Gasteiger charge is 2.20. The number of esters is 1. The van der Waals surface area contributed by atoms with Crippen molar-refractivity contribution >= 4 is 5.97 Å². The fourth-order valence-electron chi connectivity index (χ4n) is 2.08. The molecular weight excluding hydrogens is 226 g/mol. The summed E-state index contributed by atoms with van der Waals surface area (Å²) in [7, 11) is 1.46. The van der Waals surface area contributed by atoms with Crippen molar-refractivity contribution in [1.82, 2.24) is 5.32 Å². The number of methoxy groups -OCH3 is 1. The first-order valence-electron chi connectivity index (χ1n) is 7.35. The van der Waals surface area contributed by atoms with Gasteiger partial charge in [0.05, 0.1) is 7.11 Å². The Morgan fingerprint density at radius 2 is 1.78 bits per heavy atom. The van der Waals surface area contributed by atoms with Crippen LogP contribution in [-0.2, 0) is 9.53 Å². The first-order valence-corrected chi connectivity index (χ1v) is 7.35. The van der Waals surface area contributed by atoms with Gasteiger partial charge in [0, 0.05) is 6.04 Å². The summed E-state index contributed by atoms with van der Waals surface area (Å²) in [6, 6.07) is 0.244. The number of hydrogen-bond donors (Lipinski definition) is 1. The molecule has 2 unspecified atom stereocenters. The Kier molecular flexibility index (Phi) is 10.0. The fraction of sp³-hybridized carbons (Fsp3) is 0.933. The van der Waals surface area contributed by atoms with Gasteiger partial charge in [0.1, 0.15) is 6.04 Å². The molecule has 0 fully saturated rings. The average Bonchev–Trinajstić information content (AvgIpc) is 2.32. The SMILES string of the molecule is CCCCC(NC(C)CCCC(C)C)C(=O)OC. The van der Waals surface area contributed by atoms with E-state index in [9.17, 15) is 4.79 Å². The predicted molar refractivity (Wildman–Crippen MR) is 76.6 cm³/mol. The maximum atomic E-state index is 11.7. The molecule has 0 aromatic rings. The average molecular weight is 257 g/mol. The maximum Gasteiger partial charge on any atom is 0.322 e. The molecule has 108 valence electrons. The summed E-state index contributed by atoms with van der Waals surface area (Å²) in [5.41, 5.74) is 0. The second-order valence-corrected chi connectivity index (χ2v) is 5.61. The topological polar surface area (TPSA) is 38.3 Å². The molecule has 0 aliphatic rings. The van der Waals surface area contributed by atoms with Gasteiger partial charge < -0.3 is 10.1 Å². The number of ether oxygens (including phenoxy) is 1. The molecule has 0 saturated carbocycles. The molecular formula is C15H31NO2. The van der Waals surface area contributed by atoms with Gasteiger partial charge in [-0.05, 0) is 25.7 Å². The minimum atomic E-state index is -0.135. The first-order chi connectivity index (χ1) is 8.51. The van der Waals surface area contributed by atoms with Gasteiger partial charge in [-0.1, -0.05) is 46.5 Å². The Hall–Kier alpha value is -0.570. The quantitative estimate of drug-likeness (QED) is 0.609. The molecule has 1 N–H and O–H groups in total. The van der Waals surface area contributed by atoms with Crippen molar-refractivity contribution in [1.29, 1.82) is 0 Å². The third-order valence-electron chi connectivity index (χ3n) is 3.24. The molecule has 0 aliphatic heterocycles. The Morgan fingerprint density at radius 1 is 1.11 bits per heavy atom. The molecule has 0 saturated heterocycles. The molecule has 0 spiro atoms. The van der Waals surface area contributed by atoms with Gasteiger partial charge in [-0.3, -0.25) is 4.79 Å². The maximum absolute atomic E-state index is 11.7. The van der Waals surface area contributed by atoms with Crippen LogP contribution in [0, 0.1) is 5.92 Å². The zero-order valence-electron chi connectivity index (χ0n) is 12.8. The number of nitrogens with one attached hydrogen (secondary N) is 1. The van der Waals surface area contributed by atoms with E-state index < -0.39 is 0 Å². The van der Waals surface area contributed by atoms with Gasteiger partial charge in [0.25, 0.3) is 0 Å². The molecule has 0 bridgehead atoms. The number of carbonyl (C=O) groups excluding carboxylic acids is 1. The molecule has 0 radical (unpaired) electrons. The normalized spacial score (nSPS) is 14.6. The standard InChI is InChI=1S/C15H31NO2/c1-6-7-11-14(15(17)18-5)16-13(4)10-8-9-12(2)3/h12-14,16H,6-11H2,1-5H3.